The van der Waals surface area contributed by atoms with Gasteiger partial charge in [-0.3, -0.25) is 4.79 Å². The number of nitriles is 1. The van der Waals surface area contributed by atoms with Gasteiger partial charge in [0.15, 0.2) is 0 Å². The van der Waals surface area contributed by atoms with E-state index in [1.165, 1.54) is 11.3 Å². The summed E-state index contributed by atoms with van der Waals surface area (Å²) in [5, 5.41) is 22.8. The SMILES string of the molecule is CCC(CC)(CO)CNC(=O)c1sccc1C#N. The average Bonchev–Trinajstić information content (AvgIpc) is 2.89. The fourth-order valence-electron chi connectivity index (χ4n) is 1.70. The number of amides is 1. The summed E-state index contributed by atoms with van der Waals surface area (Å²) in [4.78, 5) is 12.4. The van der Waals surface area contributed by atoms with Crippen molar-refractivity contribution in [3.63, 3.8) is 0 Å². The third kappa shape index (κ3) is 3.09. The molecule has 0 atom stereocenters. The fourth-order valence-corrected chi connectivity index (χ4v) is 2.46. The molecular weight excluding hydrogens is 248 g/mol. The summed E-state index contributed by atoms with van der Waals surface area (Å²) in [6.45, 7) is 4.48. The molecule has 1 amide bonds. The van der Waals surface area contributed by atoms with E-state index in [9.17, 15) is 9.90 Å². The van der Waals surface area contributed by atoms with Gasteiger partial charge < -0.3 is 10.4 Å². The molecule has 0 saturated heterocycles. The van der Waals surface area contributed by atoms with Crippen LogP contribution < -0.4 is 5.32 Å². The summed E-state index contributed by atoms with van der Waals surface area (Å²) >= 11 is 1.26. The molecule has 2 N–H and O–H groups in total. The minimum atomic E-state index is -0.264. The quantitative estimate of drug-likeness (QED) is 0.828. The van der Waals surface area contributed by atoms with Crippen molar-refractivity contribution >= 4 is 17.2 Å². The Morgan fingerprint density at radius 3 is 2.72 bits per heavy atom. The van der Waals surface area contributed by atoms with Crippen molar-refractivity contribution in [3.05, 3.63) is 21.9 Å². The number of aliphatic hydroxyl groups is 1. The van der Waals surface area contributed by atoms with E-state index < -0.39 is 0 Å². The lowest BCUT2D eigenvalue weighted by Crippen LogP contribution is -2.39. The van der Waals surface area contributed by atoms with Crippen molar-refractivity contribution in [1.29, 1.82) is 5.26 Å². The molecule has 0 unspecified atom stereocenters. The number of nitrogens with zero attached hydrogens (tertiary/aromatic N) is 1. The predicted molar refractivity (Wildman–Crippen MR) is 71.5 cm³/mol. The van der Waals surface area contributed by atoms with Crippen molar-refractivity contribution in [2.75, 3.05) is 13.2 Å². The summed E-state index contributed by atoms with van der Waals surface area (Å²) in [6, 6.07) is 3.63. The average molecular weight is 266 g/mol. The number of nitrogens with one attached hydrogen (secondary N) is 1. The highest BCUT2D eigenvalue weighted by atomic mass is 32.1. The summed E-state index contributed by atoms with van der Waals surface area (Å²) in [5.41, 5.74) is 0.139. The highest BCUT2D eigenvalue weighted by Gasteiger charge is 2.26. The molecule has 1 heterocycles. The van der Waals surface area contributed by atoms with Crippen LogP contribution in [0.5, 0.6) is 0 Å². The summed E-state index contributed by atoms with van der Waals surface area (Å²) in [6.07, 6.45) is 1.60. The number of carbonyl (C=O) groups is 1. The zero-order chi connectivity index (χ0) is 13.6. The van der Waals surface area contributed by atoms with Gasteiger partial charge in [-0.15, -0.1) is 11.3 Å². The van der Waals surface area contributed by atoms with E-state index in [2.05, 4.69) is 5.32 Å². The first kappa shape index (κ1) is 14.7. The maximum Gasteiger partial charge on any atom is 0.262 e. The number of thiophene rings is 1. The van der Waals surface area contributed by atoms with Gasteiger partial charge in [0.2, 0.25) is 0 Å². The Hall–Kier alpha value is -1.38. The molecule has 4 nitrogen and oxygen atoms in total. The van der Waals surface area contributed by atoms with E-state index in [1.807, 2.05) is 19.9 Å². The molecule has 98 valence electrons. The molecule has 1 aromatic heterocycles. The molecule has 0 saturated carbocycles. The number of hydrogen-bond donors (Lipinski definition) is 2. The van der Waals surface area contributed by atoms with Crippen LogP contribution in [0.3, 0.4) is 0 Å². The van der Waals surface area contributed by atoms with Crippen LogP contribution >= 0.6 is 11.3 Å². The van der Waals surface area contributed by atoms with E-state index in [1.54, 1.807) is 11.4 Å². The molecule has 1 rings (SSSR count). The van der Waals surface area contributed by atoms with Crippen LogP contribution in [0.25, 0.3) is 0 Å². The monoisotopic (exact) mass is 266 g/mol. The second kappa shape index (κ2) is 6.53. The predicted octanol–water partition coefficient (Wildman–Crippen LogP) is 2.15. The van der Waals surface area contributed by atoms with Gasteiger partial charge in [0.25, 0.3) is 5.91 Å². The van der Waals surface area contributed by atoms with Gasteiger partial charge in [-0.25, -0.2) is 0 Å². The molecule has 0 aliphatic carbocycles. The van der Waals surface area contributed by atoms with Gasteiger partial charge in [-0.05, 0) is 24.3 Å². The van der Waals surface area contributed by atoms with E-state index >= 15 is 0 Å². The first-order valence-corrected chi connectivity index (χ1v) is 6.87. The first-order chi connectivity index (χ1) is 8.62. The summed E-state index contributed by atoms with van der Waals surface area (Å²) < 4.78 is 0. The Bertz CT molecular complexity index is 436. The largest absolute Gasteiger partial charge is 0.396 e. The second-order valence-corrected chi connectivity index (χ2v) is 5.24. The van der Waals surface area contributed by atoms with Crippen LogP contribution in [0.15, 0.2) is 11.4 Å². The van der Waals surface area contributed by atoms with Crippen LogP contribution in [0, 0.1) is 16.7 Å². The number of carbonyl (C=O) groups excluding carboxylic acids is 1. The summed E-state index contributed by atoms with van der Waals surface area (Å²) in [7, 11) is 0. The highest BCUT2D eigenvalue weighted by Crippen LogP contribution is 2.25. The Labute approximate surface area is 111 Å². The molecule has 0 bridgehead atoms. The Morgan fingerprint density at radius 1 is 1.56 bits per heavy atom. The molecule has 0 aliphatic rings. The fraction of sp³-hybridized carbons (Fsp3) is 0.538. The smallest absolute Gasteiger partial charge is 0.262 e. The first-order valence-electron chi connectivity index (χ1n) is 5.99. The second-order valence-electron chi connectivity index (χ2n) is 4.32. The highest BCUT2D eigenvalue weighted by molar-refractivity contribution is 7.12. The maximum atomic E-state index is 11.9. The number of aliphatic hydroxyl groups excluding tert-OH is 1. The van der Waals surface area contributed by atoms with Gasteiger partial charge in [0, 0.05) is 12.0 Å². The molecule has 5 heteroatoms. The number of rotatable bonds is 6. The third-order valence-corrected chi connectivity index (χ3v) is 4.36. The van der Waals surface area contributed by atoms with E-state index in [4.69, 9.17) is 5.26 Å². The van der Waals surface area contributed by atoms with Crippen LogP contribution in [-0.4, -0.2) is 24.2 Å². The van der Waals surface area contributed by atoms with Gasteiger partial charge in [0.05, 0.1) is 12.2 Å². The topological polar surface area (TPSA) is 73.1 Å². The van der Waals surface area contributed by atoms with Gasteiger partial charge in [-0.2, -0.15) is 5.26 Å². The van der Waals surface area contributed by atoms with E-state index in [0.29, 0.717) is 17.0 Å². The van der Waals surface area contributed by atoms with E-state index in [0.717, 1.165) is 12.8 Å². The van der Waals surface area contributed by atoms with Crippen molar-refractivity contribution < 1.29 is 9.90 Å². The van der Waals surface area contributed by atoms with Crippen molar-refractivity contribution in [1.82, 2.24) is 5.32 Å². The molecule has 0 radical (unpaired) electrons. The van der Waals surface area contributed by atoms with Crippen LogP contribution in [0.4, 0.5) is 0 Å². The lowest BCUT2D eigenvalue weighted by atomic mass is 9.83. The van der Waals surface area contributed by atoms with Crippen molar-refractivity contribution in [2.24, 2.45) is 5.41 Å². The van der Waals surface area contributed by atoms with Crippen LogP contribution in [0.2, 0.25) is 0 Å². The zero-order valence-corrected chi connectivity index (χ0v) is 11.5. The Balaban J connectivity index is 2.70. The minimum absolute atomic E-state index is 0.0514. The van der Waals surface area contributed by atoms with Crippen LogP contribution in [-0.2, 0) is 0 Å². The maximum absolute atomic E-state index is 11.9. The molecule has 0 fully saturated rings. The minimum Gasteiger partial charge on any atom is -0.396 e. The molecule has 18 heavy (non-hydrogen) atoms. The Morgan fingerprint density at radius 2 is 2.22 bits per heavy atom. The zero-order valence-electron chi connectivity index (χ0n) is 10.7. The van der Waals surface area contributed by atoms with Gasteiger partial charge in [0.1, 0.15) is 10.9 Å². The van der Waals surface area contributed by atoms with E-state index in [-0.39, 0.29) is 17.9 Å². The Kier molecular flexibility index (Phi) is 5.32. The molecule has 0 aliphatic heterocycles. The van der Waals surface area contributed by atoms with Gasteiger partial charge in [-0.1, -0.05) is 13.8 Å². The standard InChI is InChI=1S/C13H18N2O2S/c1-3-13(4-2,9-16)8-15-12(17)11-10(7-14)5-6-18-11/h5-6,16H,3-4,8-9H2,1-2H3,(H,15,17). The normalized spacial score (nSPS) is 11.0. The third-order valence-electron chi connectivity index (χ3n) is 3.45. The number of hydrogen-bond acceptors (Lipinski definition) is 4. The lowest BCUT2D eigenvalue weighted by Gasteiger charge is -2.29. The van der Waals surface area contributed by atoms with Crippen molar-refractivity contribution in [3.8, 4) is 6.07 Å². The van der Waals surface area contributed by atoms with Gasteiger partial charge >= 0.3 is 0 Å². The van der Waals surface area contributed by atoms with Crippen LogP contribution in [0.1, 0.15) is 41.9 Å². The lowest BCUT2D eigenvalue weighted by molar-refractivity contribution is 0.0854. The molecule has 1 aromatic rings. The summed E-state index contributed by atoms with van der Waals surface area (Å²) in [5.74, 6) is -0.235. The molecular formula is C13H18N2O2S. The molecule has 0 aromatic carbocycles. The molecule has 0 spiro atoms. The van der Waals surface area contributed by atoms with Crippen molar-refractivity contribution in [2.45, 2.75) is 26.7 Å².